The molecule has 0 bridgehead atoms. The van der Waals surface area contributed by atoms with E-state index >= 15 is 0 Å². The normalized spacial score (nSPS) is 11.2. The van der Waals surface area contributed by atoms with E-state index in [1.165, 1.54) is 57.9 Å². The molecule has 0 aliphatic carbocycles. The van der Waals surface area contributed by atoms with Crippen molar-refractivity contribution in [2.75, 3.05) is 27.2 Å². The molecule has 0 amide bonds. The molecule has 2 heteroatoms. The van der Waals surface area contributed by atoms with Crippen molar-refractivity contribution in [1.29, 1.82) is 0 Å². The smallest absolute Gasteiger partial charge is 0.0431 e. The zero-order valence-corrected chi connectivity index (χ0v) is 10.7. The molecule has 0 spiro atoms. The third kappa shape index (κ3) is 13.9. The largest absolute Gasteiger partial charge is 0.396 e. The van der Waals surface area contributed by atoms with Crippen LogP contribution in [0, 0.1) is 0 Å². The number of nitrogens with zero attached hydrogens (tertiary/aromatic N) is 1. The second kappa shape index (κ2) is 12.0. The lowest BCUT2D eigenvalue weighted by molar-refractivity contribution is 0.282. The highest BCUT2D eigenvalue weighted by molar-refractivity contribution is 4.49. The molecule has 0 atom stereocenters. The molecule has 92 valence electrons. The van der Waals surface area contributed by atoms with Gasteiger partial charge >= 0.3 is 0 Å². The predicted molar refractivity (Wildman–Crippen MR) is 67.2 cm³/mol. The van der Waals surface area contributed by atoms with Crippen LogP contribution in [0.1, 0.15) is 57.8 Å². The molecule has 0 radical (unpaired) electrons. The van der Waals surface area contributed by atoms with Gasteiger partial charge in [-0.05, 0) is 33.5 Å². The first kappa shape index (κ1) is 14.9. The highest BCUT2D eigenvalue weighted by Crippen LogP contribution is 2.09. The van der Waals surface area contributed by atoms with Gasteiger partial charge in [0.1, 0.15) is 0 Å². The molecular formula is C13H29NO. The molecule has 0 unspecified atom stereocenters. The van der Waals surface area contributed by atoms with Gasteiger partial charge in [-0.1, -0.05) is 44.9 Å². The topological polar surface area (TPSA) is 23.5 Å². The van der Waals surface area contributed by atoms with Gasteiger partial charge in [0.2, 0.25) is 0 Å². The molecule has 0 saturated carbocycles. The minimum absolute atomic E-state index is 0.366. The molecule has 0 aromatic heterocycles. The van der Waals surface area contributed by atoms with Crippen molar-refractivity contribution in [3.05, 3.63) is 0 Å². The molecule has 0 aromatic rings. The highest BCUT2D eigenvalue weighted by Gasteiger charge is 1.93. The Balaban J connectivity index is 2.87. The Morgan fingerprint density at radius 2 is 1.07 bits per heavy atom. The highest BCUT2D eigenvalue weighted by atomic mass is 16.2. The molecule has 0 aliphatic rings. The summed E-state index contributed by atoms with van der Waals surface area (Å²) < 4.78 is 0. The average molecular weight is 215 g/mol. The van der Waals surface area contributed by atoms with Crippen LogP contribution in [0.2, 0.25) is 0 Å². The van der Waals surface area contributed by atoms with Gasteiger partial charge in [-0.15, -0.1) is 0 Å². The summed E-state index contributed by atoms with van der Waals surface area (Å²) in [5.41, 5.74) is 0. The molecule has 0 fully saturated rings. The number of rotatable bonds is 11. The van der Waals surface area contributed by atoms with Crippen LogP contribution in [0.25, 0.3) is 0 Å². The Kier molecular flexibility index (Phi) is 11.9. The van der Waals surface area contributed by atoms with Gasteiger partial charge in [-0.3, -0.25) is 0 Å². The summed E-state index contributed by atoms with van der Waals surface area (Å²) >= 11 is 0. The first-order chi connectivity index (χ1) is 7.27. The van der Waals surface area contributed by atoms with Crippen LogP contribution >= 0.6 is 0 Å². The summed E-state index contributed by atoms with van der Waals surface area (Å²) in [4.78, 5) is 2.26. The summed E-state index contributed by atoms with van der Waals surface area (Å²) in [5, 5.41) is 8.61. The van der Waals surface area contributed by atoms with E-state index in [4.69, 9.17) is 5.11 Å². The van der Waals surface area contributed by atoms with Crippen molar-refractivity contribution in [3.63, 3.8) is 0 Å². The van der Waals surface area contributed by atoms with E-state index in [9.17, 15) is 0 Å². The maximum atomic E-state index is 8.61. The van der Waals surface area contributed by atoms with Crippen molar-refractivity contribution < 1.29 is 5.11 Å². The van der Waals surface area contributed by atoms with Gasteiger partial charge in [0.25, 0.3) is 0 Å². The van der Waals surface area contributed by atoms with Crippen LogP contribution in [-0.4, -0.2) is 37.3 Å². The number of unbranched alkanes of at least 4 members (excludes halogenated alkanes) is 8. The quantitative estimate of drug-likeness (QED) is 0.535. The molecule has 0 saturated heterocycles. The van der Waals surface area contributed by atoms with Crippen LogP contribution in [-0.2, 0) is 0 Å². The molecular weight excluding hydrogens is 186 g/mol. The van der Waals surface area contributed by atoms with E-state index in [1.807, 2.05) is 0 Å². The van der Waals surface area contributed by atoms with Gasteiger partial charge in [0.15, 0.2) is 0 Å². The number of aliphatic hydroxyl groups is 1. The van der Waals surface area contributed by atoms with Gasteiger partial charge in [-0.2, -0.15) is 0 Å². The van der Waals surface area contributed by atoms with Gasteiger partial charge in [0, 0.05) is 6.61 Å². The van der Waals surface area contributed by atoms with Crippen molar-refractivity contribution in [2.24, 2.45) is 0 Å². The molecule has 15 heavy (non-hydrogen) atoms. The zero-order chi connectivity index (χ0) is 11.4. The maximum Gasteiger partial charge on any atom is 0.0431 e. The summed E-state index contributed by atoms with van der Waals surface area (Å²) in [6.07, 6.45) is 11.8. The van der Waals surface area contributed by atoms with Crippen LogP contribution in [0.5, 0.6) is 0 Å². The lowest BCUT2D eigenvalue weighted by Crippen LogP contribution is -2.12. The Labute approximate surface area is 95.7 Å². The molecule has 0 rings (SSSR count). The van der Waals surface area contributed by atoms with E-state index in [1.54, 1.807) is 0 Å². The van der Waals surface area contributed by atoms with Crippen LogP contribution in [0.15, 0.2) is 0 Å². The zero-order valence-electron chi connectivity index (χ0n) is 10.7. The number of hydrogen-bond donors (Lipinski definition) is 1. The lowest BCUT2D eigenvalue weighted by atomic mass is 10.1. The Morgan fingerprint density at radius 3 is 1.47 bits per heavy atom. The van der Waals surface area contributed by atoms with Crippen molar-refractivity contribution in [1.82, 2.24) is 4.90 Å². The average Bonchev–Trinajstić information content (AvgIpc) is 2.20. The fourth-order valence-electron chi connectivity index (χ4n) is 1.78. The van der Waals surface area contributed by atoms with Crippen molar-refractivity contribution in [3.8, 4) is 0 Å². The third-order valence-corrected chi connectivity index (χ3v) is 2.76. The van der Waals surface area contributed by atoms with E-state index < -0.39 is 0 Å². The monoisotopic (exact) mass is 215 g/mol. The number of hydrogen-bond acceptors (Lipinski definition) is 2. The fourth-order valence-corrected chi connectivity index (χ4v) is 1.78. The minimum atomic E-state index is 0.366. The maximum absolute atomic E-state index is 8.61. The van der Waals surface area contributed by atoms with E-state index in [0.29, 0.717) is 6.61 Å². The van der Waals surface area contributed by atoms with E-state index in [0.717, 1.165) is 6.42 Å². The minimum Gasteiger partial charge on any atom is -0.396 e. The molecule has 1 N–H and O–H groups in total. The van der Waals surface area contributed by atoms with Gasteiger partial charge in [0.05, 0.1) is 0 Å². The summed E-state index contributed by atoms with van der Waals surface area (Å²) in [6, 6.07) is 0. The second-order valence-corrected chi connectivity index (χ2v) is 4.71. The SMILES string of the molecule is CN(C)CCCCCCCCCCCO. The standard InChI is InChI=1S/C13H29NO/c1-14(2)12-10-8-6-4-3-5-7-9-11-13-15/h15H,3-13H2,1-2H3. The van der Waals surface area contributed by atoms with Gasteiger partial charge < -0.3 is 10.0 Å². The number of aliphatic hydroxyl groups excluding tert-OH is 1. The van der Waals surface area contributed by atoms with Crippen molar-refractivity contribution >= 4 is 0 Å². The Morgan fingerprint density at radius 1 is 0.667 bits per heavy atom. The molecule has 2 nitrogen and oxygen atoms in total. The Hall–Kier alpha value is -0.0800. The van der Waals surface area contributed by atoms with E-state index in [-0.39, 0.29) is 0 Å². The fraction of sp³-hybridized carbons (Fsp3) is 1.00. The summed E-state index contributed by atoms with van der Waals surface area (Å²) in [6.45, 7) is 1.60. The molecule has 0 aromatic carbocycles. The first-order valence-electron chi connectivity index (χ1n) is 6.53. The van der Waals surface area contributed by atoms with Crippen LogP contribution in [0.3, 0.4) is 0 Å². The lowest BCUT2D eigenvalue weighted by Gasteiger charge is -2.08. The molecule has 0 aliphatic heterocycles. The molecule has 0 heterocycles. The van der Waals surface area contributed by atoms with E-state index in [2.05, 4.69) is 19.0 Å². The van der Waals surface area contributed by atoms with Crippen LogP contribution in [0.4, 0.5) is 0 Å². The van der Waals surface area contributed by atoms with Crippen LogP contribution < -0.4 is 0 Å². The first-order valence-corrected chi connectivity index (χ1v) is 6.53. The predicted octanol–water partition coefficient (Wildman–Crippen LogP) is 3.05. The van der Waals surface area contributed by atoms with Crippen molar-refractivity contribution in [2.45, 2.75) is 57.8 Å². The summed E-state index contributed by atoms with van der Waals surface area (Å²) in [7, 11) is 4.28. The Bertz CT molecular complexity index is 115. The van der Waals surface area contributed by atoms with Gasteiger partial charge in [-0.25, -0.2) is 0 Å². The summed E-state index contributed by atoms with van der Waals surface area (Å²) in [5.74, 6) is 0. The second-order valence-electron chi connectivity index (χ2n) is 4.71. The third-order valence-electron chi connectivity index (χ3n) is 2.76.